The summed E-state index contributed by atoms with van der Waals surface area (Å²) in [6, 6.07) is 8.71. The molecule has 2 aliphatic rings. The molecule has 0 saturated heterocycles. The molecule has 5 rings (SSSR count). The minimum atomic E-state index is -0.145. The van der Waals surface area contributed by atoms with E-state index in [1.165, 1.54) is 0 Å². The number of aromatic nitrogens is 3. The van der Waals surface area contributed by atoms with Gasteiger partial charge in [-0.05, 0) is 56.9 Å². The van der Waals surface area contributed by atoms with Crippen molar-refractivity contribution in [1.29, 1.82) is 0 Å². The maximum atomic E-state index is 13.8. The maximum absolute atomic E-state index is 13.8. The molecule has 1 unspecified atom stereocenters. The summed E-state index contributed by atoms with van der Waals surface area (Å²) in [6.07, 6.45) is 4.41. The number of hydrogen-bond donors (Lipinski definition) is 0. The van der Waals surface area contributed by atoms with Crippen LogP contribution in [-0.4, -0.2) is 55.2 Å². The SMILES string of the molecule is CSc1ccc(C(C)N2C[C@@H](C)n3nc4c(c3C2=O)CN(C(=O)c2ccc(Cl)c(Cl)c2)[C@H](C)C4)cn1. The molecule has 0 aliphatic carbocycles. The van der Waals surface area contributed by atoms with Crippen LogP contribution in [0.3, 0.4) is 0 Å². The van der Waals surface area contributed by atoms with E-state index in [2.05, 4.69) is 11.9 Å². The zero-order chi connectivity index (χ0) is 25.7. The second-order valence-corrected chi connectivity index (χ2v) is 11.1. The molecule has 3 atom stereocenters. The van der Waals surface area contributed by atoms with Gasteiger partial charge in [0, 0.05) is 36.3 Å². The Balaban J connectivity index is 1.46. The molecule has 1 aromatic carbocycles. The summed E-state index contributed by atoms with van der Waals surface area (Å²) in [6.45, 7) is 6.97. The molecule has 0 radical (unpaired) electrons. The molecule has 3 aromatic rings. The van der Waals surface area contributed by atoms with Gasteiger partial charge in [-0.3, -0.25) is 14.3 Å². The zero-order valence-corrected chi connectivity index (χ0v) is 22.9. The van der Waals surface area contributed by atoms with Crippen molar-refractivity contribution in [3.8, 4) is 0 Å². The van der Waals surface area contributed by atoms with Crippen molar-refractivity contribution in [2.75, 3.05) is 12.8 Å². The van der Waals surface area contributed by atoms with Gasteiger partial charge in [0.25, 0.3) is 11.8 Å². The van der Waals surface area contributed by atoms with E-state index < -0.39 is 0 Å². The summed E-state index contributed by atoms with van der Waals surface area (Å²) in [5.74, 6) is -0.215. The third-order valence-electron chi connectivity index (χ3n) is 7.13. The Labute approximate surface area is 224 Å². The lowest BCUT2D eigenvalue weighted by molar-refractivity contribution is 0.0574. The van der Waals surface area contributed by atoms with Crippen LogP contribution >= 0.6 is 35.0 Å². The first-order valence-electron chi connectivity index (χ1n) is 11.9. The van der Waals surface area contributed by atoms with Gasteiger partial charge in [-0.15, -0.1) is 11.8 Å². The van der Waals surface area contributed by atoms with Crippen LogP contribution in [0.2, 0.25) is 10.0 Å². The van der Waals surface area contributed by atoms with E-state index in [1.54, 1.807) is 34.9 Å². The molecule has 0 saturated carbocycles. The first-order valence-corrected chi connectivity index (χ1v) is 13.8. The van der Waals surface area contributed by atoms with Crippen molar-refractivity contribution < 1.29 is 9.59 Å². The average molecular weight is 545 g/mol. The fraction of sp³-hybridized carbons (Fsp3) is 0.385. The van der Waals surface area contributed by atoms with Gasteiger partial charge in [-0.25, -0.2) is 4.98 Å². The number of pyridine rings is 1. The summed E-state index contributed by atoms with van der Waals surface area (Å²) in [4.78, 5) is 35.4. The van der Waals surface area contributed by atoms with Gasteiger partial charge in [-0.2, -0.15) is 5.10 Å². The van der Waals surface area contributed by atoms with E-state index >= 15 is 0 Å². The monoisotopic (exact) mass is 543 g/mol. The molecule has 0 spiro atoms. The quantitative estimate of drug-likeness (QED) is 0.396. The van der Waals surface area contributed by atoms with Crippen molar-refractivity contribution in [3.63, 3.8) is 0 Å². The second-order valence-electron chi connectivity index (χ2n) is 9.45. The van der Waals surface area contributed by atoms with Crippen LogP contribution in [-0.2, 0) is 13.0 Å². The lowest BCUT2D eigenvalue weighted by Gasteiger charge is -2.37. The summed E-state index contributed by atoms with van der Waals surface area (Å²) in [7, 11) is 0. The first kappa shape index (κ1) is 25.1. The van der Waals surface area contributed by atoms with Gasteiger partial charge in [0.15, 0.2) is 0 Å². The Morgan fingerprint density at radius 2 is 1.92 bits per heavy atom. The van der Waals surface area contributed by atoms with Crippen molar-refractivity contribution in [1.82, 2.24) is 24.6 Å². The van der Waals surface area contributed by atoms with E-state index in [-0.39, 0.29) is 29.9 Å². The van der Waals surface area contributed by atoms with Gasteiger partial charge in [0.05, 0.1) is 39.4 Å². The fourth-order valence-corrected chi connectivity index (χ4v) is 5.69. The number of amides is 2. The molecule has 10 heteroatoms. The molecular weight excluding hydrogens is 517 g/mol. The van der Waals surface area contributed by atoms with Gasteiger partial charge >= 0.3 is 0 Å². The number of halogens is 2. The highest BCUT2D eigenvalue weighted by molar-refractivity contribution is 7.98. The number of rotatable bonds is 4. The number of nitrogens with zero attached hydrogens (tertiary/aromatic N) is 5. The molecule has 0 fully saturated rings. The molecule has 2 aromatic heterocycles. The van der Waals surface area contributed by atoms with Crippen LogP contribution in [0.4, 0.5) is 0 Å². The Morgan fingerprint density at radius 1 is 1.14 bits per heavy atom. The van der Waals surface area contributed by atoms with Crippen LogP contribution in [0.25, 0.3) is 0 Å². The van der Waals surface area contributed by atoms with Gasteiger partial charge in [-0.1, -0.05) is 29.3 Å². The van der Waals surface area contributed by atoms with E-state index in [9.17, 15) is 9.59 Å². The standard InChI is InChI=1S/C26H27Cl2N5O2S/c1-14-9-22-19(13-31(14)25(34)17-5-7-20(27)21(28)10-17)24-26(35)32(12-15(2)33(24)30-22)16(3)18-6-8-23(36-4)29-11-18/h5-8,10-11,14-16H,9,12-13H2,1-4H3/t14-,15-,16?/m1/s1. The highest BCUT2D eigenvalue weighted by Gasteiger charge is 2.40. The summed E-state index contributed by atoms with van der Waals surface area (Å²) in [5, 5.41) is 6.51. The van der Waals surface area contributed by atoms with E-state index in [1.807, 2.05) is 48.0 Å². The average Bonchev–Trinajstić information content (AvgIpc) is 3.25. The van der Waals surface area contributed by atoms with E-state index in [0.717, 1.165) is 21.8 Å². The normalized spacial score (nSPS) is 20.2. The lowest BCUT2D eigenvalue weighted by atomic mass is 9.96. The van der Waals surface area contributed by atoms with Crippen molar-refractivity contribution in [2.45, 2.75) is 56.9 Å². The number of hydrogen-bond acceptors (Lipinski definition) is 5. The Hall–Kier alpha value is -2.55. The number of fused-ring (bicyclic) bond motifs is 3. The zero-order valence-electron chi connectivity index (χ0n) is 20.5. The predicted octanol–water partition coefficient (Wildman–Crippen LogP) is 5.67. The smallest absolute Gasteiger partial charge is 0.273 e. The van der Waals surface area contributed by atoms with Crippen molar-refractivity contribution in [2.24, 2.45) is 0 Å². The topological polar surface area (TPSA) is 71.3 Å². The summed E-state index contributed by atoms with van der Waals surface area (Å²) >= 11 is 13.8. The minimum Gasteiger partial charge on any atom is -0.331 e. The lowest BCUT2D eigenvalue weighted by Crippen LogP contribution is -2.45. The largest absolute Gasteiger partial charge is 0.331 e. The highest BCUT2D eigenvalue weighted by Crippen LogP contribution is 2.35. The first-order chi connectivity index (χ1) is 17.2. The van der Waals surface area contributed by atoms with Crippen LogP contribution in [0.5, 0.6) is 0 Å². The van der Waals surface area contributed by atoms with Crippen LogP contribution in [0, 0.1) is 0 Å². The third-order valence-corrected chi connectivity index (χ3v) is 8.53. The highest BCUT2D eigenvalue weighted by atomic mass is 35.5. The van der Waals surface area contributed by atoms with E-state index in [0.29, 0.717) is 40.8 Å². The number of thioether (sulfide) groups is 1. The van der Waals surface area contributed by atoms with Gasteiger partial charge in [0.2, 0.25) is 0 Å². The fourth-order valence-electron chi connectivity index (χ4n) is 5.03. The summed E-state index contributed by atoms with van der Waals surface area (Å²) in [5.41, 5.74) is 3.74. The number of benzene rings is 1. The molecule has 188 valence electrons. The van der Waals surface area contributed by atoms with Gasteiger partial charge in [0.1, 0.15) is 5.69 Å². The van der Waals surface area contributed by atoms with Crippen LogP contribution in [0.1, 0.15) is 70.5 Å². The van der Waals surface area contributed by atoms with Gasteiger partial charge < -0.3 is 9.80 Å². The van der Waals surface area contributed by atoms with Crippen molar-refractivity contribution in [3.05, 3.63) is 74.7 Å². The Morgan fingerprint density at radius 3 is 2.58 bits per heavy atom. The molecular formula is C26H27Cl2N5O2S. The molecule has 36 heavy (non-hydrogen) atoms. The molecule has 2 amide bonds. The number of carbonyl (C=O) groups excluding carboxylic acids is 2. The second kappa shape index (κ2) is 9.72. The summed E-state index contributed by atoms with van der Waals surface area (Å²) < 4.78 is 1.85. The molecule has 0 N–H and O–H groups in total. The number of carbonyl (C=O) groups is 2. The maximum Gasteiger partial charge on any atom is 0.273 e. The third kappa shape index (κ3) is 4.29. The van der Waals surface area contributed by atoms with Crippen molar-refractivity contribution >= 4 is 46.8 Å². The van der Waals surface area contributed by atoms with Crippen LogP contribution in [0.15, 0.2) is 41.6 Å². The van der Waals surface area contributed by atoms with E-state index in [4.69, 9.17) is 28.3 Å². The Bertz CT molecular complexity index is 1340. The Kier molecular flexibility index (Phi) is 6.78. The molecule has 0 bridgehead atoms. The van der Waals surface area contributed by atoms with Crippen LogP contribution < -0.4 is 0 Å². The minimum absolute atomic E-state index is 0.0127. The molecule has 7 nitrogen and oxygen atoms in total. The molecule has 4 heterocycles. The predicted molar refractivity (Wildman–Crippen MR) is 142 cm³/mol. The molecule has 2 aliphatic heterocycles.